The second kappa shape index (κ2) is 7.05. The van der Waals surface area contributed by atoms with Crippen LogP contribution in [0.2, 0.25) is 0 Å². The molecule has 1 heterocycles. The summed E-state index contributed by atoms with van der Waals surface area (Å²) in [6.07, 6.45) is 0.767. The van der Waals surface area contributed by atoms with Crippen molar-refractivity contribution in [1.82, 2.24) is 14.5 Å². The fourth-order valence-corrected chi connectivity index (χ4v) is 2.68. The molecular weight excluding hydrogens is 262 g/mol. The molecule has 1 N–H and O–H groups in total. The van der Waals surface area contributed by atoms with Crippen LogP contribution in [0.4, 0.5) is 0 Å². The van der Waals surface area contributed by atoms with E-state index in [1.807, 2.05) is 0 Å². The minimum Gasteiger partial charge on any atom is -0.396 e. The predicted molar refractivity (Wildman–Crippen MR) is 87.5 cm³/mol. The van der Waals surface area contributed by atoms with Crippen LogP contribution in [0.25, 0.3) is 11.0 Å². The van der Waals surface area contributed by atoms with Crippen LogP contribution in [0.3, 0.4) is 0 Å². The van der Waals surface area contributed by atoms with Crippen molar-refractivity contribution >= 4 is 11.0 Å². The first-order valence-corrected chi connectivity index (χ1v) is 7.90. The van der Waals surface area contributed by atoms with Crippen LogP contribution in [0, 0.1) is 13.8 Å². The number of rotatable bonds is 7. The Bertz CT molecular complexity index is 600. The van der Waals surface area contributed by atoms with Crippen molar-refractivity contribution in [3.05, 3.63) is 29.1 Å². The lowest BCUT2D eigenvalue weighted by atomic mass is 10.1. The van der Waals surface area contributed by atoms with Gasteiger partial charge in [0.05, 0.1) is 17.6 Å². The molecule has 0 radical (unpaired) electrons. The van der Waals surface area contributed by atoms with Crippen molar-refractivity contribution in [1.29, 1.82) is 0 Å². The Morgan fingerprint density at radius 1 is 1.14 bits per heavy atom. The summed E-state index contributed by atoms with van der Waals surface area (Å²) in [5.74, 6) is 1.10. The maximum atomic E-state index is 9.16. The molecule has 0 atom stereocenters. The molecule has 1 aromatic carbocycles. The number of nitrogens with zero attached hydrogens (tertiary/aromatic N) is 3. The molecule has 0 saturated heterocycles. The molecule has 0 aliphatic heterocycles. The first-order valence-electron chi connectivity index (χ1n) is 7.90. The third-order valence-corrected chi connectivity index (χ3v) is 4.24. The number of aliphatic hydroxyl groups excluding tert-OH is 1. The Kier molecular flexibility index (Phi) is 5.37. The van der Waals surface area contributed by atoms with E-state index in [1.54, 1.807) is 0 Å². The summed E-state index contributed by atoms with van der Waals surface area (Å²) < 4.78 is 2.27. The summed E-state index contributed by atoms with van der Waals surface area (Å²) in [6.45, 7) is 12.6. The van der Waals surface area contributed by atoms with E-state index in [9.17, 15) is 0 Å². The minimum atomic E-state index is 0.217. The average Bonchev–Trinajstić information content (AvgIpc) is 2.79. The lowest BCUT2D eigenvalue weighted by Crippen LogP contribution is -2.24. The van der Waals surface area contributed by atoms with Crippen LogP contribution < -0.4 is 0 Å². The topological polar surface area (TPSA) is 41.3 Å². The normalized spacial score (nSPS) is 11.7. The van der Waals surface area contributed by atoms with Crippen molar-refractivity contribution in [2.45, 2.75) is 47.2 Å². The molecule has 0 amide bonds. The Morgan fingerprint density at radius 2 is 1.81 bits per heavy atom. The minimum absolute atomic E-state index is 0.217. The highest BCUT2D eigenvalue weighted by Crippen LogP contribution is 2.22. The molecule has 21 heavy (non-hydrogen) atoms. The van der Waals surface area contributed by atoms with E-state index in [2.05, 4.69) is 49.3 Å². The Morgan fingerprint density at radius 3 is 2.43 bits per heavy atom. The quantitative estimate of drug-likeness (QED) is 0.852. The molecule has 0 unspecified atom stereocenters. The van der Waals surface area contributed by atoms with E-state index in [1.165, 1.54) is 16.6 Å². The zero-order valence-corrected chi connectivity index (χ0v) is 13.7. The van der Waals surface area contributed by atoms with E-state index in [4.69, 9.17) is 10.1 Å². The van der Waals surface area contributed by atoms with E-state index < -0.39 is 0 Å². The van der Waals surface area contributed by atoms with E-state index in [-0.39, 0.29) is 6.61 Å². The smallest absolute Gasteiger partial charge is 0.124 e. The molecule has 116 valence electrons. The van der Waals surface area contributed by atoms with E-state index >= 15 is 0 Å². The van der Waals surface area contributed by atoms with Gasteiger partial charge in [-0.15, -0.1) is 0 Å². The van der Waals surface area contributed by atoms with Crippen LogP contribution in [0.1, 0.15) is 37.2 Å². The van der Waals surface area contributed by atoms with Gasteiger partial charge in [0.15, 0.2) is 0 Å². The molecule has 0 fully saturated rings. The second-order valence-electron chi connectivity index (χ2n) is 5.64. The van der Waals surface area contributed by atoms with E-state index in [0.29, 0.717) is 0 Å². The molecule has 0 aliphatic carbocycles. The van der Waals surface area contributed by atoms with Gasteiger partial charge >= 0.3 is 0 Å². The molecule has 2 rings (SSSR count). The number of hydrogen-bond acceptors (Lipinski definition) is 3. The lowest BCUT2D eigenvalue weighted by molar-refractivity contribution is 0.269. The monoisotopic (exact) mass is 289 g/mol. The van der Waals surface area contributed by atoms with Crippen LogP contribution in [-0.2, 0) is 13.1 Å². The summed E-state index contributed by atoms with van der Waals surface area (Å²) in [7, 11) is 0. The fourth-order valence-electron chi connectivity index (χ4n) is 2.68. The van der Waals surface area contributed by atoms with Crippen LogP contribution in [-0.4, -0.2) is 39.3 Å². The van der Waals surface area contributed by atoms with Gasteiger partial charge in [-0.2, -0.15) is 0 Å². The Balaban J connectivity index is 2.46. The first-order chi connectivity index (χ1) is 10.1. The van der Waals surface area contributed by atoms with Crippen molar-refractivity contribution < 1.29 is 5.11 Å². The van der Waals surface area contributed by atoms with Crippen molar-refractivity contribution in [3.8, 4) is 0 Å². The van der Waals surface area contributed by atoms with Gasteiger partial charge in [-0.3, -0.25) is 4.90 Å². The second-order valence-corrected chi connectivity index (χ2v) is 5.64. The molecule has 2 aromatic rings. The lowest BCUT2D eigenvalue weighted by Gasteiger charge is -2.18. The highest BCUT2D eigenvalue weighted by atomic mass is 16.3. The van der Waals surface area contributed by atoms with Gasteiger partial charge in [0.1, 0.15) is 5.82 Å². The van der Waals surface area contributed by atoms with Gasteiger partial charge in [-0.25, -0.2) is 4.98 Å². The molecule has 1 aromatic heterocycles. The molecular formula is C17H27N3O. The first kappa shape index (κ1) is 16.0. The summed E-state index contributed by atoms with van der Waals surface area (Å²) in [4.78, 5) is 7.21. The van der Waals surface area contributed by atoms with Gasteiger partial charge in [0.2, 0.25) is 0 Å². The van der Waals surface area contributed by atoms with E-state index in [0.717, 1.165) is 43.9 Å². The molecule has 0 bridgehead atoms. The van der Waals surface area contributed by atoms with Gasteiger partial charge in [0.25, 0.3) is 0 Å². The number of aromatic nitrogens is 2. The number of hydrogen-bond donors (Lipinski definition) is 1. The standard InChI is InChI=1S/C17H27N3O/c1-5-19(6-2)12-17-18-15-10-13(3)14(4)11-16(15)20(17)8-7-9-21/h10-11,21H,5-9,12H2,1-4H3. The fraction of sp³-hybridized carbons (Fsp3) is 0.588. The van der Waals surface area contributed by atoms with Crippen molar-refractivity contribution in [2.24, 2.45) is 0 Å². The van der Waals surface area contributed by atoms with Gasteiger partial charge in [0, 0.05) is 13.2 Å². The number of fused-ring (bicyclic) bond motifs is 1. The Hall–Kier alpha value is -1.39. The molecule has 0 saturated carbocycles. The number of imidazole rings is 1. The highest BCUT2D eigenvalue weighted by molar-refractivity contribution is 5.78. The predicted octanol–water partition coefficient (Wildman–Crippen LogP) is 2.88. The molecule has 4 nitrogen and oxygen atoms in total. The maximum Gasteiger partial charge on any atom is 0.124 e. The van der Waals surface area contributed by atoms with Crippen molar-refractivity contribution in [2.75, 3.05) is 19.7 Å². The largest absolute Gasteiger partial charge is 0.396 e. The summed E-state index contributed by atoms with van der Waals surface area (Å²) in [5.41, 5.74) is 4.83. The van der Waals surface area contributed by atoms with Gasteiger partial charge < -0.3 is 9.67 Å². The van der Waals surface area contributed by atoms with Crippen molar-refractivity contribution in [3.63, 3.8) is 0 Å². The van der Waals surface area contributed by atoms with Crippen LogP contribution >= 0.6 is 0 Å². The SMILES string of the molecule is CCN(CC)Cc1nc2cc(C)c(C)cc2n1CCCO. The molecule has 4 heteroatoms. The number of aryl methyl sites for hydroxylation is 3. The highest BCUT2D eigenvalue weighted by Gasteiger charge is 2.13. The summed E-state index contributed by atoms with van der Waals surface area (Å²) in [5, 5.41) is 9.16. The summed E-state index contributed by atoms with van der Waals surface area (Å²) >= 11 is 0. The van der Waals surface area contributed by atoms with Gasteiger partial charge in [-0.05, 0) is 56.6 Å². The zero-order chi connectivity index (χ0) is 15.4. The van der Waals surface area contributed by atoms with Crippen LogP contribution in [0.5, 0.6) is 0 Å². The molecule has 0 aliphatic rings. The van der Waals surface area contributed by atoms with Crippen LogP contribution in [0.15, 0.2) is 12.1 Å². The maximum absolute atomic E-state index is 9.16. The van der Waals surface area contributed by atoms with Gasteiger partial charge in [-0.1, -0.05) is 13.8 Å². The number of aliphatic hydroxyl groups is 1. The Labute approximate surface area is 127 Å². The average molecular weight is 289 g/mol. The summed E-state index contributed by atoms with van der Waals surface area (Å²) in [6, 6.07) is 4.40. The number of benzene rings is 1. The third-order valence-electron chi connectivity index (χ3n) is 4.24. The molecule has 0 spiro atoms. The third kappa shape index (κ3) is 3.44. The zero-order valence-electron chi connectivity index (χ0n) is 13.7.